The fraction of sp³-hybridized carbons (Fsp3) is 0.471. The Balaban J connectivity index is 1.84. The molecule has 1 aromatic rings. The fourth-order valence-electron chi connectivity index (χ4n) is 2.49. The second-order valence-electron chi connectivity index (χ2n) is 5.73. The van der Waals surface area contributed by atoms with Gasteiger partial charge in [0, 0.05) is 32.2 Å². The number of amides is 1. The standard InChI is InChI=1S/C17H24N2O2/c1-19(2)15-10-8-13(9-11-15)16(20)12-18-17(21)14-6-4-3-5-7-14/h3-4,8-11,14,16,20H,5-7,12H2,1-2H3,(H,18,21)/t14-,16-/m0/s1. The number of nitrogens with zero attached hydrogens (tertiary/aromatic N) is 1. The molecule has 1 amide bonds. The van der Waals surface area contributed by atoms with Crippen molar-refractivity contribution in [3.63, 3.8) is 0 Å². The zero-order valence-electron chi connectivity index (χ0n) is 12.7. The zero-order chi connectivity index (χ0) is 15.2. The number of carbonyl (C=O) groups is 1. The summed E-state index contributed by atoms with van der Waals surface area (Å²) < 4.78 is 0. The van der Waals surface area contributed by atoms with E-state index in [9.17, 15) is 9.90 Å². The molecule has 2 N–H and O–H groups in total. The molecule has 21 heavy (non-hydrogen) atoms. The van der Waals surface area contributed by atoms with Crippen LogP contribution < -0.4 is 10.2 Å². The molecule has 0 fully saturated rings. The third-order valence-corrected chi connectivity index (χ3v) is 3.90. The maximum atomic E-state index is 12.0. The molecule has 114 valence electrons. The van der Waals surface area contributed by atoms with Gasteiger partial charge < -0.3 is 15.3 Å². The van der Waals surface area contributed by atoms with Crippen LogP contribution in [0.2, 0.25) is 0 Å². The highest BCUT2D eigenvalue weighted by Crippen LogP contribution is 2.20. The SMILES string of the molecule is CN(C)c1ccc([C@@H](O)CNC(=O)[C@H]2CC=CCC2)cc1. The first-order valence-corrected chi connectivity index (χ1v) is 7.46. The Labute approximate surface area is 126 Å². The first-order valence-electron chi connectivity index (χ1n) is 7.46. The predicted octanol–water partition coefficient (Wildman–Crippen LogP) is 2.26. The lowest BCUT2D eigenvalue weighted by Crippen LogP contribution is -2.34. The summed E-state index contributed by atoms with van der Waals surface area (Å²) >= 11 is 0. The van der Waals surface area contributed by atoms with E-state index < -0.39 is 6.10 Å². The van der Waals surface area contributed by atoms with Crippen molar-refractivity contribution in [2.45, 2.75) is 25.4 Å². The number of benzene rings is 1. The first-order chi connectivity index (χ1) is 10.1. The summed E-state index contributed by atoms with van der Waals surface area (Å²) in [5, 5.41) is 13.0. The Morgan fingerprint density at radius 3 is 2.62 bits per heavy atom. The van der Waals surface area contributed by atoms with Crippen LogP contribution in [0.4, 0.5) is 5.69 Å². The van der Waals surface area contributed by atoms with Gasteiger partial charge in [0.15, 0.2) is 0 Å². The highest BCUT2D eigenvalue weighted by Gasteiger charge is 2.19. The molecule has 1 aromatic carbocycles. The summed E-state index contributed by atoms with van der Waals surface area (Å²) in [6, 6.07) is 7.73. The van der Waals surface area contributed by atoms with Gasteiger partial charge in [-0.2, -0.15) is 0 Å². The van der Waals surface area contributed by atoms with Gasteiger partial charge in [-0.1, -0.05) is 24.3 Å². The summed E-state index contributed by atoms with van der Waals surface area (Å²) in [6.45, 7) is 0.264. The number of hydrogen-bond donors (Lipinski definition) is 2. The van der Waals surface area contributed by atoms with E-state index in [1.165, 1.54) is 0 Å². The fourth-order valence-corrected chi connectivity index (χ4v) is 2.49. The van der Waals surface area contributed by atoms with Gasteiger partial charge in [-0.25, -0.2) is 0 Å². The minimum absolute atomic E-state index is 0.0447. The van der Waals surface area contributed by atoms with Crippen molar-refractivity contribution in [3.8, 4) is 0 Å². The molecule has 4 nitrogen and oxygen atoms in total. The Bertz CT molecular complexity index is 494. The Morgan fingerprint density at radius 1 is 1.33 bits per heavy atom. The molecule has 0 unspecified atom stereocenters. The molecule has 2 rings (SSSR count). The van der Waals surface area contributed by atoms with Crippen LogP contribution in [0.1, 0.15) is 30.9 Å². The maximum Gasteiger partial charge on any atom is 0.223 e. The number of aliphatic hydroxyl groups excluding tert-OH is 1. The van der Waals surface area contributed by atoms with Crippen molar-refractivity contribution in [2.24, 2.45) is 5.92 Å². The second-order valence-corrected chi connectivity index (χ2v) is 5.73. The molecule has 2 atom stereocenters. The number of aliphatic hydroxyl groups is 1. The number of rotatable bonds is 5. The van der Waals surface area contributed by atoms with E-state index in [4.69, 9.17) is 0 Å². The van der Waals surface area contributed by atoms with E-state index in [2.05, 4.69) is 17.5 Å². The second kappa shape index (κ2) is 7.27. The molecule has 0 radical (unpaired) electrons. The molecule has 1 aliphatic rings. The average molecular weight is 288 g/mol. The molecule has 4 heteroatoms. The number of anilines is 1. The monoisotopic (exact) mass is 288 g/mol. The van der Waals surface area contributed by atoms with Crippen molar-refractivity contribution >= 4 is 11.6 Å². The molecule has 0 heterocycles. The van der Waals surface area contributed by atoms with Crippen LogP contribution in [0.15, 0.2) is 36.4 Å². The van der Waals surface area contributed by atoms with E-state index in [0.717, 1.165) is 30.5 Å². The Kier molecular flexibility index (Phi) is 5.39. The van der Waals surface area contributed by atoms with E-state index in [-0.39, 0.29) is 18.4 Å². The molecule has 1 aliphatic carbocycles. The van der Waals surface area contributed by atoms with Crippen molar-refractivity contribution in [2.75, 3.05) is 25.5 Å². The molecular formula is C17H24N2O2. The number of allylic oxidation sites excluding steroid dienone is 2. The first kappa shape index (κ1) is 15.6. The lowest BCUT2D eigenvalue weighted by Gasteiger charge is -2.19. The molecule has 0 aromatic heterocycles. The molecule has 0 spiro atoms. The molecule has 0 bridgehead atoms. The van der Waals surface area contributed by atoms with Gasteiger partial charge >= 0.3 is 0 Å². The average Bonchev–Trinajstić information content (AvgIpc) is 2.53. The van der Waals surface area contributed by atoms with Crippen LogP contribution >= 0.6 is 0 Å². The third-order valence-electron chi connectivity index (χ3n) is 3.90. The minimum Gasteiger partial charge on any atom is -0.387 e. The normalized spacial score (nSPS) is 19.1. The van der Waals surface area contributed by atoms with Gasteiger partial charge in [0.2, 0.25) is 5.91 Å². The van der Waals surface area contributed by atoms with Gasteiger partial charge in [-0.15, -0.1) is 0 Å². The molecule has 0 aliphatic heterocycles. The number of carbonyl (C=O) groups excluding carboxylic acids is 1. The smallest absolute Gasteiger partial charge is 0.223 e. The highest BCUT2D eigenvalue weighted by molar-refractivity contribution is 5.79. The van der Waals surface area contributed by atoms with E-state index in [1.54, 1.807) is 0 Å². The molecule has 0 saturated heterocycles. The van der Waals surface area contributed by atoms with Crippen LogP contribution in [0, 0.1) is 5.92 Å². The number of hydrogen-bond acceptors (Lipinski definition) is 3. The van der Waals surface area contributed by atoms with E-state index in [0.29, 0.717) is 0 Å². The lowest BCUT2D eigenvalue weighted by atomic mass is 9.93. The molecular weight excluding hydrogens is 264 g/mol. The van der Waals surface area contributed by atoms with Crippen LogP contribution in [0.3, 0.4) is 0 Å². The van der Waals surface area contributed by atoms with E-state index in [1.807, 2.05) is 43.3 Å². The summed E-state index contributed by atoms with van der Waals surface area (Å²) in [6.07, 6.45) is 6.18. The highest BCUT2D eigenvalue weighted by atomic mass is 16.3. The third kappa shape index (κ3) is 4.33. The van der Waals surface area contributed by atoms with Crippen LogP contribution in [0.5, 0.6) is 0 Å². The Morgan fingerprint density at radius 2 is 2.05 bits per heavy atom. The van der Waals surface area contributed by atoms with Crippen molar-refractivity contribution < 1.29 is 9.90 Å². The largest absolute Gasteiger partial charge is 0.387 e. The van der Waals surface area contributed by atoms with Gasteiger partial charge in [0.1, 0.15) is 0 Å². The lowest BCUT2D eigenvalue weighted by molar-refractivity contribution is -0.125. The van der Waals surface area contributed by atoms with Crippen LogP contribution in [-0.2, 0) is 4.79 Å². The quantitative estimate of drug-likeness (QED) is 0.817. The predicted molar refractivity (Wildman–Crippen MR) is 85.2 cm³/mol. The van der Waals surface area contributed by atoms with Crippen molar-refractivity contribution in [1.82, 2.24) is 5.32 Å². The van der Waals surface area contributed by atoms with Gasteiger partial charge in [0.25, 0.3) is 0 Å². The summed E-state index contributed by atoms with van der Waals surface area (Å²) in [5.74, 6) is 0.0987. The van der Waals surface area contributed by atoms with Crippen molar-refractivity contribution in [1.29, 1.82) is 0 Å². The minimum atomic E-state index is -0.663. The van der Waals surface area contributed by atoms with Crippen LogP contribution in [-0.4, -0.2) is 31.7 Å². The van der Waals surface area contributed by atoms with Gasteiger partial charge in [0.05, 0.1) is 6.10 Å². The van der Waals surface area contributed by atoms with Gasteiger partial charge in [-0.05, 0) is 37.0 Å². The number of nitrogens with one attached hydrogen (secondary N) is 1. The molecule has 0 saturated carbocycles. The van der Waals surface area contributed by atoms with Gasteiger partial charge in [-0.3, -0.25) is 4.79 Å². The topological polar surface area (TPSA) is 52.6 Å². The van der Waals surface area contributed by atoms with Crippen LogP contribution in [0.25, 0.3) is 0 Å². The van der Waals surface area contributed by atoms with Crippen molar-refractivity contribution in [3.05, 3.63) is 42.0 Å². The summed E-state index contributed by atoms with van der Waals surface area (Å²) in [4.78, 5) is 14.0. The maximum absolute atomic E-state index is 12.0. The summed E-state index contributed by atoms with van der Waals surface area (Å²) in [5.41, 5.74) is 1.91. The zero-order valence-corrected chi connectivity index (χ0v) is 12.7. The van der Waals surface area contributed by atoms with E-state index >= 15 is 0 Å². The summed E-state index contributed by atoms with van der Waals surface area (Å²) in [7, 11) is 3.95. The Hall–Kier alpha value is -1.81.